The number of amides is 1. The predicted molar refractivity (Wildman–Crippen MR) is 157 cm³/mol. The molecule has 5 N–H and O–H groups in total. The van der Waals surface area contributed by atoms with Crippen molar-refractivity contribution in [3.8, 4) is 5.75 Å². The Bertz CT molecular complexity index is 1350. The van der Waals surface area contributed by atoms with E-state index in [1.54, 1.807) is 0 Å². The number of carbonyl (C=O) groups excluding carboxylic acids is 2. The highest BCUT2D eigenvalue weighted by molar-refractivity contribution is 6.05. The summed E-state index contributed by atoms with van der Waals surface area (Å²) in [7, 11) is 1.19. The number of methoxy groups -OCH3 is 1. The highest BCUT2D eigenvalue weighted by Crippen LogP contribution is 2.66. The third-order valence-corrected chi connectivity index (χ3v) is 11.0. The second kappa shape index (κ2) is 11.7. The number of hydrogen-bond donors (Lipinski definition) is 5. The van der Waals surface area contributed by atoms with E-state index in [0.29, 0.717) is 29.0 Å². The van der Waals surface area contributed by atoms with Gasteiger partial charge in [-0.05, 0) is 92.4 Å². The fourth-order valence-corrected chi connectivity index (χ4v) is 8.36. The molecule has 0 radical (unpaired) electrons. The number of benzene rings is 1. The summed E-state index contributed by atoms with van der Waals surface area (Å²) in [5, 5.41) is 46.9. The number of oxime groups is 1. The summed E-state index contributed by atoms with van der Waals surface area (Å²) in [4.78, 5) is 30.3. The Balaban J connectivity index is 1.20. The van der Waals surface area contributed by atoms with Crippen LogP contribution in [0.5, 0.6) is 5.75 Å². The molecule has 0 aromatic heterocycles. The number of rotatable bonds is 8. The summed E-state index contributed by atoms with van der Waals surface area (Å²) in [6.07, 6.45) is 12.3. The van der Waals surface area contributed by atoms with Crippen molar-refractivity contribution in [1.29, 1.82) is 0 Å². The average Bonchev–Trinajstić information content (AvgIpc) is 3.21. The lowest BCUT2D eigenvalue weighted by Crippen LogP contribution is -2.99. The SMILES string of the molecule is COC(=O)C(Cc1ccc(O)c([NH+]([O-])O)c1)NC(=O)CON=C1C=CC2(C)C(=C1)CCC1C2CCC2(C)C1CCC2(C)O. The van der Waals surface area contributed by atoms with Gasteiger partial charge in [0.2, 0.25) is 5.69 Å². The number of phenolic OH excluding ortho intramolecular Hbond substituents is 1. The van der Waals surface area contributed by atoms with E-state index in [2.05, 4.69) is 36.5 Å². The molecule has 0 bridgehead atoms. The van der Waals surface area contributed by atoms with Crippen LogP contribution in [-0.4, -0.2) is 58.4 Å². The first-order valence-electron chi connectivity index (χ1n) is 15.0. The number of hydrogen-bond acceptors (Lipinski definition) is 9. The fourth-order valence-electron chi connectivity index (χ4n) is 8.36. The molecular formula is C32H43N3O8. The van der Waals surface area contributed by atoms with Gasteiger partial charge in [-0.15, -0.1) is 0 Å². The minimum atomic E-state index is -1.31. The van der Waals surface area contributed by atoms with E-state index in [1.165, 1.54) is 30.9 Å². The van der Waals surface area contributed by atoms with Gasteiger partial charge in [-0.2, -0.15) is 5.23 Å². The lowest BCUT2D eigenvalue weighted by atomic mass is 9.47. The van der Waals surface area contributed by atoms with E-state index in [-0.39, 0.29) is 22.9 Å². The molecule has 43 heavy (non-hydrogen) atoms. The number of phenols is 1. The molecule has 8 atom stereocenters. The molecule has 3 fully saturated rings. The first-order valence-corrected chi connectivity index (χ1v) is 15.0. The predicted octanol–water partition coefficient (Wildman–Crippen LogP) is 2.86. The second-order valence-electron chi connectivity index (χ2n) is 13.3. The number of carbonyl (C=O) groups is 2. The number of allylic oxidation sites excluding steroid dienone is 4. The largest absolute Gasteiger partial charge is 0.595 e. The van der Waals surface area contributed by atoms with Crippen LogP contribution in [0.15, 0.2) is 47.2 Å². The van der Waals surface area contributed by atoms with Crippen molar-refractivity contribution >= 4 is 23.3 Å². The maximum Gasteiger partial charge on any atom is 0.328 e. The monoisotopic (exact) mass is 597 g/mol. The standard InChI is InChI=1S/C32H43N3O8/c1-30-12-9-21(17-20(30)6-7-22-23(30)10-13-31(2)24(22)11-14-32(31,3)39)34-43-18-28(37)33-25(29(38)42-4)15-19-5-8-27(36)26(16-19)35(40)41/h5,8-9,12,16-17,22-25,35-36,39-40H,6-7,10-11,13-15,18H2,1-4H3,(H,33,37). The number of nitrogens with one attached hydrogen (secondary N) is 2. The van der Waals surface area contributed by atoms with Crippen LogP contribution in [0.2, 0.25) is 0 Å². The molecule has 0 saturated heterocycles. The summed E-state index contributed by atoms with van der Waals surface area (Å²) in [6.45, 7) is 6.20. The number of quaternary nitrogens is 1. The third kappa shape index (κ3) is 5.71. The van der Waals surface area contributed by atoms with Crippen LogP contribution in [0.4, 0.5) is 5.69 Å². The Morgan fingerprint density at radius 2 is 1.93 bits per heavy atom. The van der Waals surface area contributed by atoms with Crippen molar-refractivity contribution < 1.29 is 39.8 Å². The summed E-state index contributed by atoms with van der Waals surface area (Å²) in [6, 6.07) is 2.85. The van der Waals surface area contributed by atoms with Gasteiger partial charge in [0.15, 0.2) is 12.4 Å². The highest BCUT2D eigenvalue weighted by Gasteiger charge is 2.62. The van der Waals surface area contributed by atoms with Gasteiger partial charge in [0, 0.05) is 17.9 Å². The van der Waals surface area contributed by atoms with Gasteiger partial charge >= 0.3 is 5.97 Å². The first-order chi connectivity index (χ1) is 20.3. The van der Waals surface area contributed by atoms with Crippen molar-refractivity contribution in [3.63, 3.8) is 0 Å². The summed E-state index contributed by atoms with van der Waals surface area (Å²) in [5.41, 5.74) is 1.36. The number of aliphatic hydroxyl groups is 1. The van der Waals surface area contributed by atoms with Crippen LogP contribution in [0.25, 0.3) is 0 Å². The molecule has 5 rings (SSSR count). The molecule has 1 amide bonds. The quantitative estimate of drug-likeness (QED) is 0.173. The minimum Gasteiger partial charge on any atom is -0.595 e. The summed E-state index contributed by atoms with van der Waals surface area (Å²) < 4.78 is 4.81. The lowest BCUT2D eigenvalue weighted by molar-refractivity contribution is -0.991. The minimum absolute atomic E-state index is 0.0243. The number of esters is 1. The Kier molecular flexibility index (Phi) is 8.47. The van der Waals surface area contributed by atoms with Crippen molar-refractivity contribution in [1.82, 2.24) is 5.32 Å². The zero-order valence-corrected chi connectivity index (χ0v) is 25.3. The van der Waals surface area contributed by atoms with E-state index < -0.39 is 41.1 Å². The van der Waals surface area contributed by atoms with Gasteiger partial charge in [0.1, 0.15) is 11.8 Å². The van der Waals surface area contributed by atoms with Gasteiger partial charge in [-0.3, -0.25) is 4.79 Å². The molecular weight excluding hydrogens is 554 g/mol. The highest BCUT2D eigenvalue weighted by atomic mass is 16.8. The van der Waals surface area contributed by atoms with Crippen LogP contribution in [-0.2, 0) is 25.6 Å². The molecule has 4 aliphatic rings. The Morgan fingerprint density at radius 3 is 2.65 bits per heavy atom. The van der Waals surface area contributed by atoms with E-state index in [9.17, 15) is 30.2 Å². The van der Waals surface area contributed by atoms with Gasteiger partial charge in [0.25, 0.3) is 5.91 Å². The normalized spacial score (nSPS) is 35.2. The Morgan fingerprint density at radius 1 is 1.19 bits per heavy atom. The third-order valence-electron chi connectivity index (χ3n) is 11.0. The van der Waals surface area contributed by atoms with Crippen LogP contribution < -0.4 is 10.5 Å². The molecule has 234 valence electrons. The van der Waals surface area contributed by atoms with Crippen molar-refractivity contribution in [3.05, 3.63) is 52.8 Å². The van der Waals surface area contributed by atoms with Crippen LogP contribution in [0.1, 0.15) is 64.9 Å². The maximum absolute atomic E-state index is 12.6. The molecule has 3 saturated carbocycles. The molecule has 1 aromatic carbocycles. The molecule has 8 unspecified atom stereocenters. The second-order valence-corrected chi connectivity index (χ2v) is 13.3. The molecule has 11 nitrogen and oxygen atoms in total. The van der Waals surface area contributed by atoms with E-state index in [1.807, 2.05) is 13.0 Å². The van der Waals surface area contributed by atoms with E-state index >= 15 is 0 Å². The topological polar surface area (TPSA) is 165 Å². The van der Waals surface area contributed by atoms with Crippen molar-refractivity contribution in [2.24, 2.45) is 33.7 Å². The molecule has 0 aliphatic heterocycles. The lowest BCUT2D eigenvalue weighted by Gasteiger charge is -2.58. The number of ether oxygens (including phenoxy) is 1. The van der Waals surface area contributed by atoms with Crippen LogP contribution in [0.3, 0.4) is 0 Å². The molecule has 1 aromatic rings. The number of aromatic hydroxyl groups is 1. The van der Waals surface area contributed by atoms with Crippen molar-refractivity contribution in [2.45, 2.75) is 77.4 Å². The summed E-state index contributed by atoms with van der Waals surface area (Å²) >= 11 is 0. The molecule has 4 aliphatic carbocycles. The van der Waals surface area contributed by atoms with Gasteiger partial charge < -0.3 is 30.3 Å². The number of nitrogens with zero attached hydrogens (tertiary/aromatic N) is 1. The fraction of sp³-hybridized carbons (Fsp3) is 0.594. The first kappa shape index (κ1) is 31.2. The number of fused-ring (bicyclic) bond motifs is 5. The van der Waals surface area contributed by atoms with Gasteiger partial charge in [-0.1, -0.05) is 36.7 Å². The zero-order valence-electron chi connectivity index (χ0n) is 25.3. The van der Waals surface area contributed by atoms with Crippen LogP contribution in [0, 0.1) is 33.8 Å². The molecule has 11 heteroatoms. The van der Waals surface area contributed by atoms with E-state index in [4.69, 9.17) is 9.57 Å². The Labute approximate surface area is 251 Å². The summed E-state index contributed by atoms with van der Waals surface area (Å²) in [5.74, 6) is -0.0622. The Hall–Kier alpha value is -3.25. The molecule has 0 heterocycles. The maximum atomic E-state index is 12.6. The van der Waals surface area contributed by atoms with Gasteiger partial charge in [0.05, 0.1) is 12.7 Å². The smallest absolute Gasteiger partial charge is 0.328 e. The van der Waals surface area contributed by atoms with Gasteiger partial charge in [-0.25, -0.2) is 10.0 Å². The molecule has 0 spiro atoms. The zero-order chi connectivity index (χ0) is 31.2. The van der Waals surface area contributed by atoms with E-state index in [0.717, 1.165) is 38.5 Å². The van der Waals surface area contributed by atoms with Crippen molar-refractivity contribution in [2.75, 3.05) is 13.7 Å². The van der Waals surface area contributed by atoms with Crippen LogP contribution >= 0.6 is 0 Å². The average molecular weight is 598 g/mol.